The summed E-state index contributed by atoms with van der Waals surface area (Å²) in [7, 11) is 1.75. The summed E-state index contributed by atoms with van der Waals surface area (Å²) in [5, 5.41) is 3.87. The molecule has 0 spiro atoms. The Morgan fingerprint density at radius 2 is 2.20 bits per heavy atom. The van der Waals surface area contributed by atoms with E-state index < -0.39 is 0 Å². The number of hydrogen-bond donors (Lipinski definition) is 2. The monoisotopic (exact) mass is 405 g/mol. The van der Waals surface area contributed by atoms with Crippen molar-refractivity contribution in [3.63, 3.8) is 0 Å². The van der Waals surface area contributed by atoms with Gasteiger partial charge in [-0.05, 0) is 42.7 Å². The molecule has 0 fully saturated rings. The van der Waals surface area contributed by atoms with Crippen LogP contribution < -0.4 is 11.1 Å². The number of carbonyl (C=O) groups is 2. The summed E-state index contributed by atoms with van der Waals surface area (Å²) in [5.41, 5.74) is 7.51. The number of nitrogens with zero attached hydrogens (tertiary/aromatic N) is 2. The van der Waals surface area contributed by atoms with E-state index in [0.717, 1.165) is 39.8 Å². The van der Waals surface area contributed by atoms with Crippen molar-refractivity contribution in [3.05, 3.63) is 65.1 Å². The van der Waals surface area contributed by atoms with E-state index in [1.54, 1.807) is 24.2 Å². The maximum Gasteiger partial charge on any atom is 0.283 e. The molecule has 2 aromatic heterocycles. The van der Waals surface area contributed by atoms with Gasteiger partial charge in [-0.25, -0.2) is 4.98 Å². The zero-order chi connectivity index (χ0) is 21.3. The van der Waals surface area contributed by atoms with Crippen molar-refractivity contribution in [1.29, 1.82) is 0 Å². The molecule has 0 saturated carbocycles. The van der Waals surface area contributed by atoms with Crippen molar-refractivity contribution in [1.82, 2.24) is 9.88 Å². The van der Waals surface area contributed by atoms with E-state index in [-0.39, 0.29) is 17.9 Å². The topological polar surface area (TPSA) is 103 Å². The molecule has 3 heterocycles. The predicted octanol–water partition coefficient (Wildman–Crippen LogP) is 2.30. The minimum Gasteiger partial charge on any atom is -0.459 e. The summed E-state index contributed by atoms with van der Waals surface area (Å²) >= 11 is 0. The van der Waals surface area contributed by atoms with E-state index in [9.17, 15) is 9.59 Å². The van der Waals surface area contributed by atoms with Gasteiger partial charge in [0, 0.05) is 36.7 Å². The van der Waals surface area contributed by atoms with Gasteiger partial charge in [-0.2, -0.15) is 0 Å². The van der Waals surface area contributed by atoms with Gasteiger partial charge in [0.15, 0.2) is 6.04 Å². The number of likely N-dealkylation sites (N-methyl/N-ethyl adjacent to an activating group) is 1. The van der Waals surface area contributed by atoms with Crippen molar-refractivity contribution in [2.75, 3.05) is 12.4 Å². The second kappa shape index (κ2) is 8.12. The molecule has 7 nitrogen and oxygen atoms in total. The van der Waals surface area contributed by atoms with Crippen molar-refractivity contribution in [3.8, 4) is 0 Å². The van der Waals surface area contributed by atoms with E-state index in [2.05, 4.69) is 16.0 Å². The Labute approximate surface area is 174 Å². The maximum absolute atomic E-state index is 12.6. The molecule has 3 aromatic rings. The highest BCUT2D eigenvalue weighted by atomic mass is 16.3. The Kier molecular flexibility index (Phi) is 5.37. The highest BCUT2D eigenvalue weighted by Gasteiger charge is 2.23. The zero-order valence-electron chi connectivity index (χ0n) is 17.1. The smallest absolute Gasteiger partial charge is 0.283 e. The Hall–Kier alpha value is -3.45. The van der Waals surface area contributed by atoms with Crippen LogP contribution in [0.15, 0.2) is 47.0 Å². The lowest BCUT2D eigenvalue weighted by molar-refractivity contribution is -0.403. The Bertz CT molecular complexity index is 1150. The molecule has 0 radical (unpaired) electrons. The largest absolute Gasteiger partial charge is 0.459 e. The van der Waals surface area contributed by atoms with Gasteiger partial charge in [-0.1, -0.05) is 18.2 Å². The van der Waals surface area contributed by atoms with Gasteiger partial charge in [-0.15, -0.1) is 0 Å². The molecule has 1 aliphatic rings. The Balaban J connectivity index is 1.45. The fourth-order valence-corrected chi connectivity index (χ4v) is 3.57. The van der Waals surface area contributed by atoms with Crippen LogP contribution in [0.5, 0.6) is 0 Å². The van der Waals surface area contributed by atoms with E-state index in [1.807, 2.05) is 37.3 Å². The minimum absolute atomic E-state index is 0.109. The van der Waals surface area contributed by atoms with Crippen LogP contribution in [0.4, 0.5) is 5.82 Å². The van der Waals surface area contributed by atoms with E-state index in [0.29, 0.717) is 18.8 Å². The first-order valence-corrected chi connectivity index (χ1v) is 9.95. The molecule has 1 aromatic carbocycles. The average Bonchev–Trinajstić information content (AvgIpc) is 2.98. The number of benzene rings is 1. The summed E-state index contributed by atoms with van der Waals surface area (Å²) in [4.78, 5) is 30.4. The molecule has 1 atom stereocenters. The molecule has 154 valence electrons. The molecule has 30 heavy (non-hydrogen) atoms. The molecule has 0 unspecified atom stereocenters. The summed E-state index contributed by atoms with van der Waals surface area (Å²) in [5.74, 6) is 1.12. The van der Waals surface area contributed by atoms with Crippen LogP contribution >= 0.6 is 0 Å². The number of carbonyl (C=O) groups excluding carboxylic acids is 2. The SMILES string of the molecule is Cc1c(CN(C)C(=O)/C=C/c2cnc3c(c2)CC[C@H]([NH3+])C(=O)N3)oc2ccccc12. The predicted molar refractivity (Wildman–Crippen MR) is 114 cm³/mol. The Morgan fingerprint density at radius 1 is 1.40 bits per heavy atom. The quantitative estimate of drug-likeness (QED) is 0.650. The number of pyridine rings is 1. The van der Waals surface area contributed by atoms with Crippen LogP contribution in [0.1, 0.15) is 28.9 Å². The summed E-state index contributed by atoms with van der Waals surface area (Å²) in [6, 6.07) is 9.53. The minimum atomic E-state index is -0.282. The second-order valence-electron chi connectivity index (χ2n) is 7.68. The van der Waals surface area contributed by atoms with Crippen molar-refractivity contribution in [2.45, 2.75) is 32.4 Å². The molecule has 4 rings (SSSR count). The first kappa shape index (κ1) is 19.8. The third kappa shape index (κ3) is 3.97. The maximum atomic E-state index is 12.6. The number of fused-ring (bicyclic) bond motifs is 2. The normalized spacial score (nSPS) is 16.4. The fourth-order valence-electron chi connectivity index (χ4n) is 3.57. The number of para-hydroxylation sites is 1. The fraction of sp³-hybridized carbons (Fsp3) is 0.261. The molecule has 0 saturated heterocycles. The lowest BCUT2D eigenvalue weighted by Gasteiger charge is -2.14. The molecule has 7 heteroatoms. The lowest BCUT2D eigenvalue weighted by atomic mass is 10.1. The molecular weight excluding hydrogens is 380 g/mol. The second-order valence-corrected chi connectivity index (χ2v) is 7.68. The molecule has 2 amide bonds. The van der Waals surface area contributed by atoms with Crippen LogP contribution in [-0.2, 0) is 22.6 Å². The Morgan fingerprint density at radius 3 is 3.00 bits per heavy atom. The van der Waals surface area contributed by atoms with Gasteiger partial charge in [0.2, 0.25) is 5.91 Å². The first-order chi connectivity index (χ1) is 14.4. The molecule has 0 bridgehead atoms. The number of furan rings is 1. The van der Waals surface area contributed by atoms with Crippen LogP contribution in [-0.4, -0.2) is 34.8 Å². The summed E-state index contributed by atoms with van der Waals surface area (Å²) < 4.78 is 5.91. The zero-order valence-corrected chi connectivity index (χ0v) is 17.1. The lowest BCUT2D eigenvalue weighted by Crippen LogP contribution is -2.66. The van der Waals surface area contributed by atoms with Gasteiger partial charge >= 0.3 is 0 Å². The molecule has 0 aliphatic carbocycles. The number of rotatable bonds is 4. The molecule has 4 N–H and O–H groups in total. The molecular formula is C23H25N4O3+. The average molecular weight is 405 g/mol. The third-order valence-corrected chi connectivity index (χ3v) is 5.48. The first-order valence-electron chi connectivity index (χ1n) is 9.95. The number of aryl methyl sites for hydroxylation is 2. The number of nitrogens with one attached hydrogen (secondary N) is 1. The van der Waals surface area contributed by atoms with Crippen molar-refractivity contribution in [2.24, 2.45) is 0 Å². The van der Waals surface area contributed by atoms with E-state index in [4.69, 9.17) is 4.42 Å². The van der Waals surface area contributed by atoms with E-state index in [1.165, 1.54) is 6.08 Å². The molecule has 1 aliphatic heterocycles. The number of quaternary nitrogens is 1. The van der Waals surface area contributed by atoms with E-state index >= 15 is 0 Å². The van der Waals surface area contributed by atoms with Crippen LogP contribution in [0.25, 0.3) is 17.0 Å². The van der Waals surface area contributed by atoms with Crippen LogP contribution in [0.2, 0.25) is 0 Å². The van der Waals surface area contributed by atoms with Crippen LogP contribution in [0.3, 0.4) is 0 Å². The highest BCUT2D eigenvalue weighted by Crippen LogP contribution is 2.26. The van der Waals surface area contributed by atoms with Crippen molar-refractivity contribution >= 4 is 34.7 Å². The van der Waals surface area contributed by atoms with Gasteiger partial charge < -0.3 is 20.4 Å². The number of hydrogen-bond acceptors (Lipinski definition) is 4. The van der Waals surface area contributed by atoms with Gasteiger partial charge in [0.1, 0.15) is 17.2 Å². The standard InChI is InChI=1S/C23H24N4O3/c1-14-17-5-3-4-6-19(17)30-20(14)13-27(2)21(28)10-7-15-11-16-8-9-18(24)23(29)26-22(16)25-12-15/h3-7,10-12,18H,8-9,13,24H2,1-2H3,(H,25,26,29)/p+1/b10-7+/t18-/m0/s1. The van der Waals surface area contributed by atoms with Gasteiger partial charge in [0.05, 0.1) is 6.54 Å². The third-order valence-electron chi connectivity index (χ3n) is 5.48. The number of amides is 2. The van der Waals surface area contributed by atoms with Gasteiger partial charge in [-0.3, -0.25) is 9.59 Å². The van der Waals surface area contributed by atoms with Crippen LogP contribution in [0, 0.1) is 6.92 Å². The van der Waals surface area contributed by atoms with Crippen molar-refractivity contribution < 1.29 is 19.7 Å². The number of anilines is 1. The summed E-state index contributed by atoms with van der Waals surface area (Å²) in [6.07, 6.45) is 6.31. The number of aromatic nitrogens is 1. The van der Waals surface area contributed by atoms with Gasteiger partial charge in [0.25, 0.3) is 5.91 Å². The highest BCUT2D eigenvalue weighted by molar-refractivity contribution is 5.94. The summed E-state index contributed by atoms with van der Waals surface area (Å²) in [6.45, 7) is 2.40.